The molecule has 0 rings (SSSR count). The molecule has 0 atom stereocenters. The van der Waals surface area contributed by atoms with Gasteiger partial charge in [0.1, 0.15) is 0 Å². The summed E-state index contributed by atoms with van der Waals surface area (Å²) in [6.45, 7) is 0. The number of carbonyl (C=O) groups excluding carboxylic acids is 1. The molecule has 0 aromatic rings. The summed E-state index contributed by atoms with van der Waals surface area (Å²) in [5.74, 6) is 0. The molecule has 0 aliphatic heterocycles. The minimum Gasteiger partial charge on any atom is -0.870 e. The first-order chi connectivity index (χ1) is 1.73. The first kappa shape index (κ1) is 34.7. The third-order valence-electron chi connectivity index (χ3n) is 0. The van der Waals surface area contributed by atoms with Crippen molar-refractivity contribution in [3.63, 3.8) is 0 Å². The molecule has 0 spiro atoms. The van der Waals surface area contributed by atoms with Gasteiger partial charge in [-0.05, 0) is 6.16 Å². The summed E-state index contributed by atoms with van der Waals surface area (Å²) in [7, 11) is 0. The predicted molar refractivity (Wildman–Crippen MR) is 24.6 cm³/mol. The Bertz CT molecular complexity index is 37.0. The Kier molecular flexibility index (Phi) is 104. The molecule has 0 aliphatic rings. The van der Waals surface area contributed by atoms with Gasteiger partial charge in [0.15, 0.2) is 0 Å². The van der Waals surface area contributed by atoms with Crippen LogP contribution in [0.15, 0.2) is 0 Å². The van der Waals surface area contributed by atoms with Crippen LogP contribution in [0.25, 0.3) is 0 Å². The summed E-state index contributed by atoms with van der Waals surface area (Å²) in [5, 5.41) is 16.7. The Balaban J connectivity index is -0.00000000750. The van der Waals surface area contributed by atoms with Gasteiger partial charge in [-0.3, -0.25) is 0 Å². The van der Waals surface area contributed by atoms with Crippen LogP contribution in [-0.2, 0) is 0 Å². The van der Waals surface area contributed by atoms with E-state index < -0.39 is 6.16 Å². The quantitative estimate of drug-likeness (QED) is 0.333. The zero-order chi connectivity index (χ0) is 3.58. The van der Waals surface area contributed by atoms with Crippen LogP contribution in [-0.4, -0.2) is 75.1 Å². The van der Waals surface area contributed by atoms with Crippen LogP contribution in [0.2, 0.25) is 0 Å². The van der Waals surface area contributed by atoms with Gasteiger partial charge in [0.2, 0.25) is 0 Å². The molecule has 0 aromatic heterocycles. The van der Waals surface area contributed by atoms with Crippen molar-refractivity contribution in [2.75, 3.05) is 0 Å². The second-order valence-corrected chi connectivity index (χ2v) is 0.250. The van der Waals surface area contributed by atoms with Crippen molar-refractivity contribution in [1.82, 2.24) is 0 Å². The van der Waals surface area contributed by atoms with Crippen molar-refractivity contribution in [1.29, 1.82) is 0 Å². The summed E-state index contributed by atoms with van der Waals surface area (Å²) in [5.41, 5.74) is 0. The van der Waals surface area contributed by atoms with Gasteiger partial charge in [-0.1, -0.05) is 0 Å². The summed E-state index contributed by atoms with van der Waals surface area (Å²) in [4.78, 5) is 8.33. The van der Waals surface area contributed by atoms with Crippen molar-refractivity contribution in [2.45, 2.75) is 0 Å². The predicted octanol–water partition coefficient (Wildman–Crippen LogP) is -3.77. The van der Waals surface area contributed by atoms with Crippen LogP contribution in [0.4, 0.5) is 4.79 Å². The minimum absolute atomic E-state index is 0. The third-order valence-corrected chi connectivity index (χ3v) is 0. The average molecular weight is 153 g/mol. The normalized spacial score (nSPS) is 3.00. The van der Waals surface area contributed by atoms with E-state index >= 15 is 0 Å². The van der Waals surface area contributed by atoms with E-state index in [9.17, 15) is 0 Å². The van der Waals surface area contributed by atoms with Gasteiger partial charge >= 0.3 is 63.5 Å². The average Bonchev–Trinajstić information content (AvgIpc) is 0.811. The number of hydrogen-bond acceptors (Lipinski definition) is 4. The largest absolute Gasteiger partial charge is 3.00 e. The molecule has 0 aliphatic carbocycles. The fourth-order valence-electron chi connectivity index (χ4n) is 0. The number of hydrogen-bond donors (Lipinski definition) is 0. The van der Waals surface area contributed by atoms with E-state index in [-0.39, 0.29) is 68.9 Å². The van der Waals surface area contributed by atoms with Crippen molar-refractivity contribution in [2.24, 2.45) is 0 Å². The van der Waals surface area contributed by atoms with E-state index in [2.05, 4.69) is 0 Å². The van der Waals surface area contributed by atoms with Gasteiger partial charge in [0.05, 0.1) is 0 Å². The maximum atomic E-state index is 8.33. The summed E-state index contributed by atoms with van der Waals surface area (Å²) in [6, 6.07) is 0. The van der Waals surface area contributed by atoms with Crippen LogP contribution in [0, 0.1) is 0 Å². The van der Waals surface area contributed by atoms with Gasteiger partial charge in [-0.2, -0.15) is 0 Å². The maximum absolute atomic E-state index is 8.33. The monoisotopic (exact) mass is 152 g/mol. The van der Waals surface area contributed by atoms with Crippen LogP contribution in [0.5, 0.6) is 0 Å². The van der Waals surface area contributed by atoms with E-state index in [0.717, 1.165) is 0 Å². The molecule has 7 heteroatoms. The first-order valence-corrected chi connectivity index (χ1v) is 0.612. The SMILES string of the molecule is O=C([O-])[O-].[Al+3].[Mg+2].[Mg+2].[OH-]. The molecule has 0 heterocycles. The molecule has 4 nitrogen and oxygen atoms in total. The van der Waals surface area contributed by atoms with E-state index in [1.807, 2.05) is 0 Å². The zero-order valence-electron chi connectivity index (χ0n) is 4.16. The molecule has 0 aromatic carbocycles. The smallest absolute Gasteiger partial charge is 0.870 e. The van der Waals surface area contributed by atoms with Crippen molar-refractivity contribution in [3.05, 3.63) is 0 Å². The van der Waals surface area contributed by atoms with Crippen molar-refractivity contribution in [3.8, 4) is 0 Å². The Hall–Kier alpha value is 1.29. The van der Waals surface area contributed by atoms with Gasteiger partial charge in [0, 0.05) is 0 Å². The third kappa shape index (κ3) is 172. The fraction of sp³-hybridized carbons (Fsp3) is 0. The zero-order valence-corrected chi connectivity index (χ0v) is 8.15. The fourth-order valence-corrected chi connectivity index (χ4v) is 0. The van der Waals surface area contributed by atoms with Crippen LogP contribution >= 0.6 is 0 Å². The number of rotatable bonds is 0. The molecule has 0 fully saturated rings. The summed E-state index contributed by atoms with van der Waals surface area (Å²) >= 11 is 0. The molecule has 0 saturated heterocycles. The van der Waals surface area contributed by atoms with E-state index in [1.165, 1.54) is 0 Å². The number of carboxylic acid groups (broad SMARTS) is 2. The molecule has 32 valence electrons. The second kappa shape index (κ2) is 23.9. The molecule has 0 bridgehead atoms. The Morgan fingerprint density at radius 2 is 1.12 bits per heavy atom. The molecule has 0 amide bonds. The van der Waals surface area contributed by atoms with Gasteiger partial charge in [-0.25, -0.2) is 0 Å². The van der Waals surface area contributed by atoms with Crippen molar-refractivity contribution >= 4 is 69.6 Å². The molecular weight excluding hydrogens is 152 g/mol. The van der Waals surface area contributed by atoms with E-state index in [1.54, 1.807) is 0 Å². The maximum Gasteiger partial charge on any atom is 3.00 e. The van der Waals surface area contributed by atoms with Crippen LogP contribution in [0.1, 0.15) is 0 Å². The Morgan fingerprint density at radius 3 is 1.12 bits per heavy atom. The molecule has 0 saturated carbocycles. The molecule has 8 heavy (non-hydrogen) atoms. The van der Waals surface area contributed by atoms with Crippen LogP contribution in [0.3, 0.4) is 0 Å². The second-order valence-electron chi connectivity index (χ2n) is 0.250. The van der Waals surface area contributed by atoms with E-state index in [4.69, 9.17) is 15.0 Å². The van der Waals surface area contributed by atoms with Crippen LogP contribution < -0.4 is 10.2 Å². The van der Waals surface area contributed by atoms with Gasteiger partial charge < -0.3 is 20.5 Å². The molecule has 0 unspecified atom stereocenters. The van der Waals surface area contributed by atoms with E-state index in [0.29, 0.717) is 0 Å². The minimum atomic E-state index is -2.33. The molecular formula is CHAlMg2O4+4. The number of carbonyl (C=O) groups is 1. The molecule has 0 radical (unpaired) electrons. The topological polar surface area (TPSA) is 93.2 Å². The summed E-state index contributed by atoms with van der Waals surface area (Å²) < 4.78 is 0. The first-order valence-electron chi connectivity index (χ1n) is 0.612. The standard InChI is InChI=1S/CH2O3.Al.2Mg.H2O/c2-1(3)4;;;;/h(H2,2,3,4);;;;1H2/q;+3;2*+2;/p-3. The summed E-state index contributed by atoms with van der Waals surface area (Å²) in [6.07, 6.45) is -2.33. The Labute approximate surface area is 89.4 Å². The molecule has 1 N–H and O–H groups in total. The van der Waals surface area contributed by atoms with Crippen molar-refractivity contribution < 1.29 is 20.5 Å². The Morgan fingerprint density at radius 1 is 1.12 bits per heavy atom. The van der Waals surface area contributed by atoms with Gasteiger partial charge in [-0.15, -0.1) is 0 Å². The van der Waals surface area contributed by atoms with Gasteiger partial charge in [0.25, 0.3) is 0 Å².